The summed E-state index contributed by atoms with van der Waals surface area (Å²) in [4.78, 5) is 0. The zero-order valence-electron chi connectivity index (χ0n) is 6.67. The summed E-state index contributed by atoms with van der Waals surface area (Å²) in [6.45, 7) is 0. The lowest BCUT2D eigenvalue weighted by atomic mass is 10.2. The third-order valence-electron chi connectivity index (χ3n) is 1.81. The molecule has 0 aliphatic heterocycles. The van der Waals surface area contributed by atoms with E-state index in [2.05, 4.69) is 26.1 Å². The fourth-order valence-corrected chi connectivity index (χ4v) is 1.71. The molecule has 0 radical (unpaired) electrons. The molecule has 0 saturated carbocycles. The van der Waals surface area contributed by atoms with Crippen LogP contribution in [0.1, 0.15) is 5.56 Å². The van der Waals surface area contributed by atoms with E-state index in [0.717, 1.165) is 16.2 Å². The summed E-state index contributed by atoms with van der Waals surface area (Å²) >= 11 is 9.32. The zero-order chi connectivity index (χ0) is 9.26. The van der Waals surface area contributed by atoms with Crippen LogP contribution >= 0.6 is 27.5 Å². The molecule has 0 fully saturated rings. The van der Waals surface area contributed by atoms with E-state index >= 15 is 0 Å². The highest BCUT2D eigenvalue weighted by molar-refractivity contribution is 9.08. The van der Waals surface area contributed by atoms with Crippen molar-refractivity contribution in [3.05, 3.63) is 35.0 Å². The molecular formula is C9H6BrClN2. The molecule has 66 valence electrons. The van der Waals surface area contributed by atoms with Gasteiger partial charge < -0.3 is 0 Å². The molecule has 0 atom stereocenters. The molecule has 0 aliphatic rings. The molecule has 0 spiro atoms. The minimum absolute atomic E-state index is 0.645. The summed E-state index contributed by atoms with van der Waals surface area (Å²) in [5, 5.41) is 10.2. The highest BCUT2D eigenvalue weighted by Gasteiger charge is 2.00. The number of alkyl halides is 1. The van der Waals surface area contributed by atoms with E-state index in [0.29, 0.717) is 5.02 Å². The highest BCUT2D eigenvalue weighted by atomic mass is 79.9. The predicted molar refractivity (Wildman–Crippen MR) is 57.2 cm³/mol. The van der Waals surface area contributed by atoms with Crippen LogP contribution in [0.5, 0.6) is 0 Å². The third-order valence-corrected chi connectivity index (χ3v) is 2.76. The molecule has 0 aliphatic carbocycles. The van der Waals surface area contributed by atoms with Crippen LogP contribution in [-0.2, 0) is 5.33 Å². The summed E-state index contributed by atoms with van der Waals surface area (Å²) in [7, 11) is 0. The fourth-order valence-electron chi connectivity index (χ4n) is 1.16. The minimum Gasteiger partial charge on any atom is -0.157 e. The van der Waals surface area contributed by atoms with Gasteiger partial charge in [-0.2, -0.15) is 10.2 Å². The van der Waals surface area contributed by atoms with Crippen molar-refractivity contribution in [2.45, 2.75) is 5.33 Å². The number of aromatic nitrogens is 2. The van der Waals surface area contributed by atoms with Crippen LogP contribution < -0.4 is 0 Å². The van der Waals surface area contributed by atoms with E-state index in [9.17, 15) is 0 Å². The lowest BCUT2D eigenvalue weighted by Gasteiger charge is -1.99. The van der Waals surface area contributed by atoms with Gasteiger partial charge in [-0.1, -0.05) is 39.7 Å². The maximum absolute atomic E-state index is 5.94. The van der Waals surface area contributed by atoms with Gasteiger partial charge in [-0.3, -0.25) is 0 Å². The lowest BCUT2D eigenvalue weighted by Crippen LogP contribution is -1.85. The van der Waals surface area contributed by atoms with Crippen LogP contribution in [0.25, 0.3) is 10.9 Å². The standard InChI is InChI=1S/C9H6BrClN2/c10-4-6-1-2-7-8(11)5-12-13-9(7)3-6/h1-3,5H,4H2. The van der Waals surface area contributed by atoms with Gasteiger partial charge in [-0.25, -0.2) is 0 Å². The van der Waals surface area contributed by atoms with Crippen molar-refractivity contribution < 1.29 is 0 Å². The number of benzene rings is 1. The molecule has 1 heterocycles. The highest BCUT2D eigenvalue weighted by Crippen LogP contribution is 2.21. The first-order valence-electron chi connectivity index (χ1n) is 3.77. The van der Waals surface area contributed by atoms with E-state index in [1.165, 1.54) is 5.56 Å². The molecule has 2 aromatic rings. The van der Waals surface area contributed by atoms with Gasteiger partial charge in [0, 0.05) is 10.7 Å². The van der Waals surface area contributed by atoms with Crippen molar-refractivity contribution >= 4 is 38.4 Å². The second kappa shape index (κ2) is 3.60. The maximum Gasteiger partial charge on any atom is 0.0947 e. The van der Waals surface area contributed by atoms with Crippen LogP contribution in [0.4, 0.5) is 0 Å². The van der Waals surface area contributed by atoms with E-state index < -0.39 is 0 Å². The molecule has 0 saturated heterocycles. The summed E-state index contributed by atoms with van der Waals surface area (Å²) < 4.78 is 0. The Morgan fingerprint density at radius 3 is 3.00 bits per heavy atom. The van der Waals surface area contributed by atoms with Crippen LogP contribution in [-0.4, -0.2) is 10.2 Å². The first-order chi connectivity index (χ1) is 6.31. The fraction of sp³-hybridized carbons (Fsp3) is 0.111. The summed E-state index contributed by atoms with van der Waals surface area (Å²) in [6, 6.07) is 5.95. The molecule has 1 aromatic heterocycles. The first-order valence-corrected chi connectivity index (χ1v) is 5.27. The third kappa shape index (κ3) is 1.67. The Kier molecular flexibility index (Phi) is 2.47. The smallest absolute Gasteiger partial charge is 0.0947 e. The molecule has 0 bridgehead atoms. The Balaban J connectivity index is 2.72. The lowest BCUT2D eigenvalue weighted by molar-refractivity contribution is 1.07. The minimum atomic E-state index is 0.645. The molecule has 0 unspecified atom stereocenters. The monoisotopic (exact) mass is 256 g/mol. The summed E-state index contributed by atoms with van der Waals surface area (Å²) in [6.07, 6.45) is 1.55. The Labute approximate surface area is 89.1 Å². The molecule has 0 N–H and O–H groups in total. The van der Waals surface area contributed by atoms with Gasteiger partial charge in [0.25, 0.3) is 0 Å². The Bertz CT molecular complexity index is 445. The van der Waals surface area contributed by atoms with Gasteiger partial charge in [0.2, 0.25) is 0 Å². The second-order valence-corrected chi connectivity index (χ2v) is 3.65. The van der Waals surface area contributed by atoms with Gasteiger partial charge in [0.15, 0.2) is 0 Å². The molecule has 1 aromatic carbocycles. The second-order valence-electron chi connectivity index (χ2n) is 2.68. The van der Waals surface area contributed by atoms with Crippen molar-refractivity contribution in [1.29, 1.82) is 0 Å². The largest absolute Gasteiger partial charge is 0.157 e. The first kappa shape index (κ1) is 8.91. The molecular weight excluding hydrogens is 251 g/mol. The number of hydrogen-bond donors (Lipinski definition) is 0. The molecule has 2 nitrogen and oxygen atoms in total. The Morgan fingerprint density at radius 2 is 2.23 bits per heavy atom. The van der Waals surface area contributed by atoms with Crippen molar-refractivity contribution in [2.24, 2.45) is 0 Å². The maximum atomic E-state index is 5.94. The van der Waals surface area contributed by atoms with Gasteiger partial charge in [0.05, 0.1) is 16.7 Å². The number of hydrogen-bond acceptors (Lipinski definition) is 2. The number of nitrogens with zero attached hydrogens (tertiary/aromatic N) is 2. The van der Waals surface area contributed by atoms with Crippen LogP contribution in [0.2, 0.25) is 5.02 Å². The molecule has 0 amide bonds. The number of rotatable bonds is 1. The molecule has 2 rings (SSSR count). The van der Waals surface area contributed by atoms with Crippen molar-refractivity contribution in [1.82, 2.24) is 10.2 Å². The topological polar surface area (TPSA) is 25.8 Å². The van der Waals surface area contributed by atoms with E-state index in [1.54, 1.807) is 6.20 Å². The Hall–Kier alpha value is -0.670. The van der Waals surface area contributed by atoms with Gasteiger partial charge >= 0.3 is 0 Å². The van der Waals surface area contributed by atoms with Gasteiger partial charge in [-0.05, 0) is 11.6 Å². The van der Waals surface area contributed by atoms with Crippen LogP contribution in [0.3, 0.4) is 0 Å². The predicted octanol–water partition coefficient (Wildman–Crippen LogP) is 3.18. The van der Waals surface area contributed by atoms with Gasteiger partial charge in [-0.15, -0.1) is 0 Å². The summed E-state index contributed by atoms with van der Waals surface area (Å²) in [5.41, 5.74) is 2.01. The molecule has 4 heteroatoms. The van der Waals surface area contributed by atoms with Crippen molar-refractivity contribution in [3.63, 3.8) is 0 Å². The van der Waals surface area contributed by atoms with E-state index in [4.69, 9.17) is 11.6 Å². The van der Waals surface area contributed by atoms with E-state index in [1.807, 2.05) is 18.2 Å². The number of halogens is 2. The van der Waals surface area contributed by atoms with Crippen molar-refractivity contribution in [2.75, 3.05) is 0 Å². The summed E-state index contributed by atoms with van der Waals surface area (Å²) in [5.74, 6) is 0. The number of fused-ring (bicyclic) bond motifs is 1. The van der Waals surface area contributed by atoms with Crippen LogP contribution in [0, 0.1) is 0 Å². The quantitative estimate of drug-likeness (QED) is 0.733. The zero-order valence-corrected chi connectivity index (χ0v) is 9.01. The normalized spacial score (nSPS) is 10.6. The van der Waals surface area contributed by atoms with E-state index in [-0.39, 0.29) is 0 Å². The average molecular weight is 258 g/mol. The van der Waals surface area contributed by atoms with Gasteiger partial charge in [0.1, 0.15) is 0 Å². The Morgan fingerprint density at radius 1 is 1.38 bits per heavy atom. The van der Waals surface area contributed by atoms with Crippen LogP contribution in [0.15, 0.2) is 24.4 Å². The SMILES string of the molecule is Clc1cnnc2cc(CBr)ccc12. The average Bonchev–Trinajstić information content (AvgIpc) is 2.18. The van der Waals surface area contributed by atoms with Crippen molar-refractivity contribution in [3.8, 4) is 0 Å². The molecule has 13 heavy (non-hydrogen) atoms.